The number of allylic oxidation sites excluding steroid dienone is 1. The molecule has 2 rings (SSSR count). The topological polar surface area (TPSA) is 45.8 Å². The number of H-pyrrole nitrogens is 1. The van der Waals surface area contributed by atoms with E-state index in [0.717, 1.165) is 16.8 Å². The second-order valence-electron chi connectivity index (χ2n) is 3.51. The van der Waals surface area contributed by atoms with Crippen LogP contribution in [-0.4, -0.2) is 16.0 Å². The second kappa shape index (κ2) is 4.57. The van der Waals surface area contributed by atoms with Crippen molar-refractivity contribution in [1.29, 1.82) is 0 Å². The first-order chi connectivity index (χ1) is 7.77. The maximum absolute atomic E-state index is 10.9. The lowest BCUT2D eigenvalue weighted by Crippen LogP contribution is -1.82. The van der Waals surface area contributed by atoms with Gasteiger partial charge in [-0.15, -0.1) is 0 Å². The molecule has 2 aromatic rings. The normalized spacial score (nSPS) is 10.8. The molecule has 3 nitrogen and oxygen atoms in total. The van der Waals surface area contributed by atoms with Crippen LogP contribution in [0.1, 0.15) is 12.5 Å². The summed E-state index contributed by atoms with van der Waals surface area (Å²) in [6, 6.07) is 9.89. The molecule has 0 amide bonds. The summed E-state index contributed by atoms with van der Waals surface area (Å²) < 4.78 is 0. The smallest absolute Gasteiger partial charge is 0.152 e. The van der Waals surface area contributed by atoms with Crippen molar-refractivity contribution in [3.8, 4) is 11.3 Å². The average Bonchev–Trinajstić information content (AvgIpc) is 2.75. The second-order valence-corrected chi connectivity index (χ2v) is 3.51. The fourth-order valence-corrected chi connectivity index (χ4v) is 1.47. The summed E-state index contributed by atoms with van der Waals surface area (Å²) in [6.45, 7) is 1.53. The van der Waals surface area contributed by atoms with Crippen molar-refractivity contribution in [2.45, 2.75) is 6.92 Å². The van der Waals surface area contributed by atoms with Crippen LogP contribution in [-0.2, 0) is 4.79 Å². The first kappa shape index (κ1) is 10.4. The van der Waals surface area contributed by atoms with Gasteiger partial charge in [0.1, 0.15) is 0 Å². The Morgan fingerprint density at radius 3 is 2.75 bits per heavy atom. The molecular weight excluding hydrogens is 200 g/mol. The Balaban J connectivity index is 2.37. The van der Waals surface area contributed by atoms with Gasteiger partial charge in [-0.25, -0.2) is 0 Å². The lowest BCUT2D eigenvalue weighted by atomic mass is 10.1. The standard InChI is InChI=1S/C13H12N2O/c1-10(16)7-8-12-9-14-15-13(12)11-5-3-2-4-6-11/h2-9H,1H3,(H,14,15)/b8-7+. The summed E-state index contributed by atoms with van der Waals surface area (Å²) >= 11 is 0. The SMILES string of the molecule is CC(=O)/C=C/c1cn[nH]c1-c1ccccc1. The van der Waals surface area contributed by atoms with Gasteiger partial charge < -0.3 is 0 Å². The lowest BCUT2D eigenvalue weighted by molar-refractivity contribution is -0.112. The third-order valence-corrected chi connectivity index (χ3v) is 2.23. The van der Waals surface area contributed by atoms with E-state index in [4.69, 9.17) is 0 Å². The van der Waals surface area contributed by atoms with Gasteiger partial charge in [0.25, 0.3) is 0 Å². The molecule has 0 aliphatic carbocycles. The Morgan fingerprint density at radius 2 is 2.06 bits per heavy atom. The molecule has 1 heterocycles. The number of nitrogens with zero attached hydrogens (tertiary/aromatic N) is 1. The maximum atomic E-state index is 10.9. The third-order valence-electron chi connectivity index (χ3n) is 2.23. The minimum Gasteiger partial charge on any atom is -0.295 e. The van der Waals surface area contributed by atoms with Gasteiger partial charge in [-0.1, -0.05) is 30.3 Å². The van der Waals surface area contributed by atoms with E-state index in [1.165, 1.54) is 13.0 Å². The van der Waals surface area contributed by atoms with Gasteiger partial charge in [0.2, 0.25) is 0 Å². The molecule has 0 radical (unpaired) electrons. The van der Waals surface area contributed by atoms with E-state index >= 15 is 0 Å². The van der Waals surface area contributed by atoms with Crippen LogP contribution in [0.4, 0.5) is 0 Å². The van der Waals surface area contributed by atoms with Crippen molar-refractivity contribution < 1.29 is 4.79 Å². The van der Waals surface area contributed by atoms with E-state index in [1.807, 2.05) is 30.3 Å². The molecule has 0 atom stereocenters. The number of aromatic nitrogens is 2. The van der Waals surface area contributed by atoms with Crippen LogP contribution in [0.2, 0.25) is 0 Å². The van der Waals surface area contributed by atoms with E-state index in [2.05, 4.69) is 10.2 Å². The quantitative estimate of drug-likeness (QED) is 0.795. The molecule has 0 unspecified atom stereocenters. The molecule has 16 heavy (non-hydrogen) atoms. The van der Waals surface area contributed by atoms with Crippen molar-refractivity contribution in [3.05, 3.63) is 48.2 Å². The molecule has 80 valence electrons. The average molecular weight is 212 g/mol. The molecule has 0 saturated carbocycles. The molecule has 0 fully saturated rings. The van der Waals surface area contributed by atoms with Crippen LogP contribution < -0.4 is 0 Å². The molecular formula is C13H12N2O. The molecule has 1 aromatic carbocycles. The van der Waals surface area contributed by atoms with Crippen molar-refractivity contribution in [1.82, 2.24) is 10.2 Å². The predicted molar refractivity (Wildman–Crippen MR) is 63.7 cm³/mol. The molecule has 0 aliphatic heterocycles. The molecule has 0 saturated heterocycles. The van der Waals surface area contributed by atoms with E-state index in [1.54, 1.807) is 12.3 Å². The summed E-state index contributed by atoms with van der Waals surface area (Å²) in [5.41, 5.74) is 2.91. The molecule has 1 N–H and O–H groups in total. The van der Waals surface area contributed by atoms with E-state index in [9.17, 15) is 4.79 Å². The number of benzene rings is 1. The van der Waals surface area contributed by atoms with Crippen LogP contribution in [0.3, 0.4) is 0 Å². The van der Waals surface area contributed by atoms with Crippen LogP contribution in [0, 0.1) is 0 Å². The third kappa shape index (κ3) is 2.25. The Morgan fingerprint density at radius 1 is 1.31 bits per heavy atom. The molecule has 0 spiro atoms. The molecule has 0 bridgehead atoms. The van der Waals surface area contributed by atoms with E-state index < -0.39 is 0 Å². The van der Waals surface area contributed by atoms with Crippen molar-refractivity contribution in [3.63, 3.8) is 0 Å². The zero-order valence-corrected chi connectivity index (χ0v) is 8.97. The number of aromatic amines is 1. The number of carbonyl (C=O) groups is 1. The fourth-order valence-electron chi connectivity index (χ4n) is 1.47. The highest BCUT2D eigenvalue weighted by Gasteiger charge is 2.03. The monoisotopic (exact) mass is 212 g/mol. The first-order valence-electron chi connectivity index (χ1n) is 5.05. The minimum atomic E-state index is 0.0280. The van der Waals surface area contributed by atoms with Crippen molar-refractivity contribution >= 4 is 11.9 Å². The predicted octanol–water partition coefficient (Wildman–Crippen LogP) is 2.68. The maximum Gasteiger partial charge on any atom is 0.152 e. The van der Waals surface area contributed by atoms with Crippen molar-refractivity contribution in [2.24, 2.45) is 0 Å². The summed E-state index contributed by atoms with van der Waals surface area (Å²) in [6.07, 6.45) is 5.02. The summed E-state index contributed by atoms with van der Waals surface area (Å²) in [5, 5.41) is 6.92. The number of hydrogen-bond acceptors (Lipinski definition) is 2. The summed E-state index contributed by atoms with van der Waals surface area (Å²) in [4.78, 5) is 10.9. The van der Waals surface area contributed by atoms with Gasteiger partial charge in [0.05, 0.1) is 11.9 Å². The van der Waals surface area contributed by atoms with Crippen LogP contribution in [0.15, 0.2) is 42.6 Å². The van der Waals surface area contributed by atoms with Gasteiger partial charge in [-0.05, 0) is 19.1 Å². The highest BCUT2D eigenvalue weighted by molar-refractivity contribution is 5.92. The fraction of sp³-hybridized carbons (Fsp3) is 0.0769. The van der Waals surface area contributed by atoms with Gasteiger partial charge in [0, 0.05) is 11.1 Å². The highest BCUT2D eigenvalue weighted by atomic mass is 16.1. The molecule has 1 aromatic heterocycles. The number of ketones is 1. The highest BCUT2D eigenvalue weighted by Crippen LogP contribution is 2.21. The number of nitrogens with one attached hydrogen (secondary N) is 1. The van der Waals surface area contributed by atoms with Crippen LogP contribution in [0.5, 0.6) is 0 Å². The Bertz CT molecular complexity index is 512. The van der Waals surface area contributed by atoms with Crippen LogP contribution >= 0.6 is 0 Å². The number of carbonyl (C=O) groups excluding carboxylic acids is 1. The van der Waals surface area contributed by atoms with Gasteiger partial charge >= 0.3 is 0 Å². The minimum absolute atomic E-state index is 0.0280. The van der Waals surface area contributed by atoms with Gasteiger partial charge in [-0.3, -0.25) is 9.89 Å². The largest absolute Gasteiger partial charge is 0.295 e. The van der Waals surface area contributed by atoms with Gasteiger partial charge in [0.15, 0.2) is 5.78 Å². The Hall–Kier alpha value is -2.16. The van der Waals surface area contributed by atoms with E-state index in [-0.39, 0.29) is 5.78 Å². The number of hydrogen-bond donors (Lipinski definition) is 1. The zero-order chi connectivity index (χ0) is 11.4. The van der Waals surface area contributed by atoms with Gasteiger partial charge in [-0.2, -0.15) is 5.10 Å². The Labute approximate surface area is 93.8 Å². The van der Waals surface area contributed by atoms with E-state index in [0.29, 0.717) is 0 Å². The first-order valence-corrected chi connectivity index (χ1v) is 5.05. The van der Waals surface area contributed by atoms with Crippen LogP contribution in [0.25, 0.3) is 17.3 Å². The zero-order valence-electron chi connectivity index (χ0n) is 8.97. The lowest BCUT2D eigenvalue weighted by Gasteiger charge is -1.98. The molecule has 3 heteroatoms. The molecule has 0 aliphatic rings. The Kier molecular flexibility index (Phi) is 2.96. The number of rotatable bonds is 3. The van der Waals surface area contributed by atoms with Crippen molar-refractivity contribution in [2.75, 3.05) is 0 Å². The summed E-state index contributed by atoms with van der Waals surface area (Å²) in [7, 11) is 0. The summed E-state index contributed by atoms with van der Waals surface area (Å²) in [5.74, 6) is 0.0280.